The number of hydrogen-bond donors (Lipinski definition) is 2. The third-order valence-corrected chi connectivity index (χ3v) is 8.42. The number of nitrogens with one attached hydrogen (secondary N) is 2. The summed E-state index contributed by atoms with van der Waals surface area (Å²) in [6.07, 6.45) is 13.3. The lowest BCUT2D eigenvalue weighted by molar-refractivity contribution is -0.125. The molecule has 0 spiro atoms. The predicted octanol–water partition coefficient (Wildman–Crippen LogP) is 4.84. The third-order valence-electron chi connectivity index (χ3n) is 8.42. The van der Waals surface area contributed by atoms with Crippen LogP contribution in [0.15, 0.2) is 73.4 Å². The lowest BCUT2D eigenvalue weighted by atomic mass is 9.86. The summed E-state index contributed by atoms with van der Waals surface area (Å²) in [5.74, 6) is 0.113. The number of amides is 2. The summed E-state index contributed by atoms with van der Waals surface area (Å²) < 4.78 is 2.07. The molecule has 42 heavy (non-hydrogen) atoms. The van der Waals surface area contributed by atoms with Gasteiger partial charge in [0.15, 0.2) is 0 Å². The fourth-order valence-electron chi connectivity index (χ4n) is 5.66. The van der Waals surface area contributed by atoms with Gasteiger partial charge in [0.1, 0.15) is 11.7 Å². The van der Waals surface area contributed by atoms with Crippen molar-refractivity contribution in [3.8, 4) is 11.1 Å². The van der Waals surface area contributed by atoms with E-state index < -0.39 is 11.5 Å². The Bertz CT molecular complexity index is 1830. The monoisotopic (exact) mass is 559 g/mol. The molecule has 0 aliphatic heterocycles. The zero-order chi connectivity index (χ0) is 29.1. The number of benzene rings is 1. The van der Waals surface area contributed by atoms with E-state index in [9.17, 15) is 9.59 Å². The van der Waals surface area contributed by atoms with Crippen molar-refractivity contribution in [3.05, 3.63) is 90.4 Å². The van der Waals surface area contributed by atoms with Gasteiger partial charge in [0, 0.05) is 52.8 Å². The van der Waals surface area contributed by atoms with Crippen LogP contribution in [0.3, 0.4) is 0 Å². The first-order chi connectivity index (χ1) is 20.2. The van der Waals surface area contributed by atoms with Crippen LogP contribution in [0.25, 0.3) is 27.8 Å². The molecule has 0 bridgehead atoms. The molecule has 9 heteroatoms. The maximum Gasteiger partial charge on any atom is 0.270 e. The Labute approximate surface area is 243 Å². The van der Waals surface area contributed by atoms with E-state index in [-0.39, 0.29) is 29.0 Å². The minimum absolute atomic E-state index is 0.112. The Morgan fingerprint density at radius 1 is 0.952 bits per heavy atom. The zero-order valence-electron chi connectivity index (χ0n) is 24.0. The molecule has 7 rings (SSSR count). The molecule has 1 aromatic carbocycles. The van der Waals surface area contributed by atoms with E-state index in [1.807, 2.05) is 51.5 Å². The van der Waals surface area contributed by atoms with Crippen molar-refractivity contribution in [1.29, 1.82) is 0 Å². The van der Waals surface area contributed by atoms with Gasteiger partial charge in [-0.1, -0.05) is 39.0 Å². The lowest BCUT2D eigenvalue weighted by Crippen LogP contribution is -2.54. The van der Waals surface area contributed by atoms with Crippen molar-refractivity contribution in [2.75, 3.05) is 0 Å². The summed E-state index contributed by atoms with van der Waals surface area (Å²) in [6.45, 7) is 5.83. The first-order valence-corrected chi connectivity index (χ1v) is 14.5. The van der Waals surface area contributed by atoms with Gasteiger partial charge in [-0.25, -0.2) is 9.97 Å². The number of carbonyl (C=O) groups excluding carboxylic acids is 2. The van der Waals surface area contributed by atoms with E-state index >= 15 is 0 Å². The van der Waals surface area contributed by atoms with Gasteiger partial charge in [-0.05, 0) is 60.9 Å². The summed E-state index contributed by atoms with van der Waals surface area (Å²) in [7, 11) is 0. The van der Waals surface area contributed by atoms with Crippen LogP contribution in [0.2, 0.25) is 0 Å². The van der Waals surface area contributed by atoms with Crippen molar-refractivity contribution in [2.24, 2.45) is 5.41 Å². The molecule has 2 aliphatic carbocycles. The maximum absolute atomic E-state index is 13.1. The Balaban J connectivity index is 1.14. The van der Waals surface area contributed by atoms with E-state index in [1.165, 1.54) is 5.56 Å². The highest BCUT2D eigenvalue weighted by Gasteiger charge is 2.48. The average molecular weight is 560 g/mol. The number of hydrogen-bond acceptors (Lipinski definition) is 6. The van der Waals surface area contributed by atoms with Crippen LogP contribution in [-0.4, -0.2) is 48.2 Å². The van der Waals surface area contributed by atoms with E-state index in [2.05, 4.69) is 59.2 Å². The average Bonchev–Trinajstić information content (AvgIpc) is 3.93. The maximum atomic E-state index is 13.1. The molecule has 2 fully saturated rings. The summed E-state index contributed by atoms with van der Waals surface area (Å²) in [5.41, 5.74) is 4.76. The number of carbonyl (C=O) groups is 2. The van der Waals surface area contributed by atoms with Gasteiger partial charge < -0.3 is 10.6 Å². The molecule has 2 N–H and O–H groups in total. The van der Waals surface area contributed by atoms with E-state index in [0.29, 0.717) is 5.78 Å². The van der Waals surface area contributed by atoms with Crippen molar-refractivity contribution in [3.63, 3.8) is 0 Å². The second kappa shape index (κ2) is 9.72. The van der Waals surface area contributed by atoms with E-state index in [0.717, 1.165) is 53.4 Å². The molecule has 2 aliphatic rings. The number of fused-ring (bicyclic) bond motifs is 2. The summed E-state index contributed by atoms with van der Waals surface area (Å²) in [4.78, 5) is 44.1. The third kappa shape index (κ3) is 4.78. The molecule has 1 atom stereocenters. The quantitative estimate of drug-likeness (QED) is 0.295. The van der Waals surface area contributed by atoms with Crippen LogP contribution in [0.5, 0.6) is 0 Å². The molecule has 2 amide bonds. The molecular weight excluding hydrogens is 526 g/mol. The van der Waals surface area contributed by atoms with Crippen LogP contribution >= 0.6 is 0 Å². The van der Waals surface area contributed by atoms with Crippen LogP contribution < -0.4 is 10.6 Å². The second-order valence-electron chi connectivity index (χ2n) is 12.6. The minimum Gasteiger partial charge on any atom is -0.352 e. The van der Waals surface area contributed by atoms with Crippen LogP contribution in [-0.2, 0) is 10.2 Å². The van der Waals surface area contributed by atoms with Gasteiger partial charge in [0.05, 0.1) is 17.4 Å². The van der Waals surface area contributed by atoms with Gasteiger partial charge in [-0.2, -0.15) is 0 Å². The summed E-state index contributed by atoms with van der Waals surface area (Å²) >= 11 is 0. The Kier molecular flexibility index (Phi) is 6.07. The van der Waals surface area contributed by atoms with E-state index in [1.54, 1.807) is 18.5 Å². The highest BCUT2D eigenvalue weighted by molar-refractivity contribution is 5.96. The molecule has 9 nitrogen and oxygen atoms in total. The van der Waals surface area contributed by atoms with Gasteiger partial charge in [-0.15, -0.1) is 0 Å². The van der Waals surface area contributed by atoms with Crippen molar-refractivity contribution in [1.82, 2.24) is 35.0 Å². The zero-order valence-corrected chi connectivity index (χ0v) is 24.0. The Morgan fingerprint density at radius 3 is 2.45 bits per heavy atom. The van der Waals surface area contributed by atoms with Crippen LogP contribution in [0.1, 0.15) is 68.2 Å². The Hall–Kier alpha value is -4.66. The van der Waals surface area contributed by atoms with Crippen molar-refractivity contribution < 1.29 is 9.59 Å². The standard InChI is InChI=1S/C33H33N7O2/c1-32(2,3)28(30(42)38-24-8-9-24)39-29(41)26-10-6-21(16-35-26)22-17-36-31-37-18-27(40(31)19-22)33(12-13-33)23-7-11-25-20(15-23)5-4-14-34-25/h4-7,10-11,14-19,24,28H,8-9,12-13H2,1-3H3,(H,38,42)(H,39,41)/t28-/m1/s1. The number of rotatable bonds is 7. The van der Waals surface area contributed by atoms with Gasteiger partial charge in [0.2, 0.25) is 11.7 Å². The number of pyridine rings is 2. The Morgan fingerprint density at radius 2 is 1.74 bits per heavy atom. The largest absolute Gasteiger partial charge is 0.352 e. The van der Waals surface area contributed by atoms with Crippen molar-refractivity contribution in [2.45, 2.75) is 64.0 Å². The number of aromatic nitrogens is 5. The summed E-state index contributed by atoms with van der Waals surface area (Å²) in [6, 6.07) is 13.7. The first-order valence-electron chi connectivity index (χ1n) is 14.5. The molecule has 5 aromatic rings. The number of imidazole rings is 1. The van der Waals surface area contributed by atoms with Crippen LogP contribution in [0, 0.1) is 5.41 Å². The molecule has 212 valence electrons. The minimum atomic E-state index is -0.660. The highest BCUT2D eigenvalue weighted by Crippen LogP contribution is 2.53. The molecule has 0 saturated heterocycles. The van der Waals surface area contributed by atoms with Crippen LogP contribution in [0.4, 0.5) is 0 Å². The molecule has 0 radical (unpaired) electrons. The van der Waals surface area contributed by atoms with Gasteiger partial charge >= 0.3 is 0 Å². The molecule has 4 aromatic heterocycles. The smallest absolute Gasteiger partial charge is 0.270 e. The fourth-order valence-corrected chi connectivity index (χ4v) is 5.66. The van der Waals surface area contributed by atoms with Crippen molar-refractivity contribution >= 4 is 28.5 Å². The molecular formula is C33H33N7O2. The fraction of sp³-hybridized carbons (Fsp3) is 0.333. The molecule has 4 heterocycles. The lowest BCUT2D eigenvalue weighted by Gasteiger charge is -2.30. The molecule has 0 unspecified atom stereocenters. The SMILES string of the molecule is CC(C)(C)[C@H](NC(=O)c1ccc(-c2cnc3ncc(C4(c5ccc6ncccc6c5)CC4)n3c2)cn1)C(=O)NC1CC1. The topological polar surface area (TPSA) is 114 Å². The molecule has 2 saturated carbocycles. The van der Waals surface area contributed by atoms with Gasteiger partial charge in [-0.3, -0.25) is 24.0 Å². The second-order valence-corrected chi connectivity index (χ2v) is 12.6. The highest BCUT2D eigenvalue weighted by atomic mass is 16.2. The predicted molar refractivity (Wildman–Crippen MR) is 160 cm³/mol. The van der Waals surface area contributed by atoms with Gasteiger partial charge in [0.25, 0.3) is 5.91 Å². The first kappa shape index (κ1) is 26.3. The van der Waals surface area contributed by atoms with E-state index in [4.69, 9.17) is 0 Å². The normalized spacial score (nSPS) is 16.7. The summed E-state index contributed by atoms with van der Waals surface area (Å²) in [5, 5.41) is 7.03. The number of nitrogens with zero attached hydrogens (tertiary/aromatic N) is 5.